The van der Waals surface area contributed by atoms with Gasteiger partial charge in [0.2, 0.25) is 0 Å². The van der Waals surface area contributed by atoms with Crippen LogP contribution in [0, 0.1) is 11.3 Å². The molecule has 2 saturated carbocycles. The molecule has 4 fully saturated rings. The quantitative estimate of drug-likeness (QED) is 0.581. The third-order valence-corrected chi connectivity index (χ3v) is 6.53. The summed E-state index contributed by atoms with van der Waals surface area (Å²) < 4.78 is 5.94. The first-order chi connectivity index (χ1) is 9.31. The maximum absolute atomic E-state index is 6.27. The van der Waals surface area contributed by atoms with Gasteiger partial charge in [-0.25, -0.2) is 4.99 Å². The molecule has 0 amide bonds. The van der Waals surface area contributed by atoms with Crippen LogP contribution in [0.3, 0.4) is 0 Å². The summed E-state index contributed by atoms with van der Waals surface area (Å²) in [5.74, 6) is 3.81. The standard InChI is InChI=1S/C14H23N3OS/c15-13(17-5-8-19-9-6-17)16-11-10-2-7-18-12(10)14(11)3-1-4-14/h10-12H,1-9H2,(H2,15,16). The van der Waals surface area contributed by atoms with E-state index in [1.165, 1.54) is 37.2 Å². The minimum Gasteiger partial charge on any atom is -0.377 e. The largest absolute Gasteiger partial charge is 0.377 e. The van der Waals surface area contributed by atoms with E-state index in [1.54, 1.807) is 0 Å². The predicted octanol–water partition coefficient (Wildman–Crippen LogP) is 1.31. The van der Waals surface area contributed by atoms with Crippen LogP contribution in [0.5, 0.6) is 0 Å². The number of rotatable bonds is 1. The molecule has 4 nitrogen and oxygen atoms in total. The molecular formula is C14H23N3OS. The monoisotopic (exact) mass is 281 g/mol. The molecule has 3 atom stereocenters. The number of hydrogen-bond acceptors (Lipinski definition) is 3. The number of nitrogens with two attached hydrogens (primary N) is 1. The molecule has 2 heterocycles. The van der Waals surface area contributed by atoms with Crippen molar-refractivity contribution >= 4 is 17.7 Å². The van der Waals surface area contributed by atoms with Crippen molar-refractivity contribution < 1.29 is 4.74 Å². The highest BCUT2D eigenvalue weighted by Gasteiger charge is 2.66. The van der Waals surface area contributed by atoms with Crippen molar-refractivity contribution in [3.63, 3.8) is 0 Å². The molecule has 2 saturated heterocycles. The van der Waals surface area contributed by atoms with E-state index in [2.05, 4.69) is 4.90 Å². The van der Waals surface area contributed by atoms with E-state index >= 15 is 0 Å². The minimum absolute atomic E-state index is 0.371. The summed E-state index contributed by atoms with van der Waals surface area (Å²) in [6.07, 6.45) is 5.62. The second-order valence-corrected chi connectivity index (χ2v) is 7.59. The van der Waals surface area contributed by atoms with E-state index < -0.39 is 0 Å². The van der Waals surface area contributed by atoms with Crippen LogP contribution in [0.15, 0.2) is 4.99 Å². The number of ether oxygens (including phenoxy) is 1. The van der Waals surface area contributed by atoms with E-state index in [1.807, 2.05) is 11.8 Å². The van der Waals surface area contributed by atoms with Gasteiger partial charge < -0.3 is 15.4 Å². The van der Waals surface area contributed by atoms with Gasteiger partial charge >= 0.3 is 0 Å². The first kappa shape index (κ1) is 12.3. The molecule has 0 radical (unpaired) electrons. The van der Waals surface area contributed by atoms with E-state index in [9.17, 15) is 0 Å². The van der Waals surface area contributed by atoms with Crippen molar-refractivity contribution in [2.24, 2.45) is 22.1 Å². The number of thioether (sulfide) groups is 1. The van der Waals surface area contributed by atoms with Gasteiger partial charge in [-0.3, -0.25) is 0 Å². The average molecular weight is 281 g/mol. The van der Waals surface area contributed by atoms with E-state index in [-0.39, 0.29) is 0 Å². The highest BCUT2D eigenvalue weighted by atomic mass is 32.2. The fourth-order valence-electron chi connectivity index (χ4n) is 4.40. The predicted molar refractivity (Wildman–Crippen MR) is 78.4 cm³/mol. The van der Waals surface area contributed by atoms with Crippen LogP contribution in [0.2, 0.25) is 0 Å². The van der Waals surface area contributed by atoms with Gasteiger partial charge in [0.15, 0.2) is 5.96 Å². The molecule has 4 rings (SSSR count). The van der Waals surface area contributed by atoms with Gasteiger partial charge in [0, 0.05) is 42.5 Å². The summed E-state index contributed by atoms with van der Waals surface area (Å²) in [5.41, 5.74) is 6.64. The van der Waals surface area contributed by atoms with Crippen LogP contribution >= 0.6 is 11.8 Å². The number of hydrogen-bond donors (Lipinski definition) is 1. The Morgan fingerprint density at radius 2 is 2.11 bits per heavy atom. The highest BCUT2D eigenvalue weighted by molar-refractivity contribution is 7.99. The Kier molecular flexibility index (Phi) is 2.95. The summed E-state index contributed by atoms with van der Waals surface area (Å²) in [4.78, 5) is 7.22. The highest BCUT2D eigenvalue weighted by Crippen LogP contribution is 2.64. The third kappa shape index (κ3) is 1.74. The van der Waals surface area contributed by atoms with Crippen molar-refractivity contribution in [3.8, 4) is 0 Å². The molecule has 2 N–H and O–H groups in total. The molecule has 0 aromatic carbocycles. The van der Waals surface area contributed by atoms with Gasteiger partial charge in [0.25, 0.3) is 0 Å². The summed E-state index contributed by atoms with van der Waals surface area (Å²) in [7, 11) is 0. The Morgan fingerprint density at radius 3 is 2.79 bits per heavy atom. The Morgan fingerprint density at radius 1 is 1.32 bits per heavy atom. The van der Waals surface area contributed by atoms with E-state index in [0.717, 1.165) is 25.7 Å². The zero-order valence-corrected chi connectivity index (χ0v) is 12.2. The Hall–Kier alpha value is -0.420. The summed E-state index contributed by atoms with van der Waals surface area (Å²) in [5, 5.41) is 0. The topological polar surface area (TPSA) is 50.9 Å². The van der Waals surface area contributed by atoms with Crippen LogP contribution < -0.4 is 5.73 Å². The molecule has 0 aromatic rings. The SMILES string of the molecule is NC(=NC1C2CCOC2C12CCC2)N1CCSCC1. The van der Waals surface area contributed by atoms with Crippen molar-refractivity contribution in [1.82, 2.24) is 4.90 Å². The number of aliphatic imine (C=N–C) groups is 1. The first-order valence-corrected chi connectivity index (χ1v) is 8.74. The summed E-state index contributed by atoms with van der Waals surface area (Å²) >= 11 is 2.01. The third-order valence-electron chi connectivity index (χ3n) is 5.59. The second kappa shape index (κ2) is 4.55. The van der Waals surface area contributed by atoms with Crippen LogP contribution in [0.4, 0.5) is 0 Å². The normalized spacial score (nSPS) is 40.7. The Bertz CT molecular complexity index is 390. The van der Waals surface area contributed by atoms with E-state index in [0.29, 0.717) is 23.5 Å². The molecule has 3 unspecified atom stereocenters. The molecule has 106 valence electrons. The van der Waals surface area contributed by atoms with Gasteiger partial charge in [0.05, 0.1) is 12.1 Å². The molecule has 0 aromatic heterocycles. The van der Waals surface area contributed by atoms with Crippen molar-refractivity contribution in [2.45, 2.75) is 37.8 Å². The van der Waals surface area contributed by atoms with E-state index in [4.69, 9.17) is 15.5 Å². The number of fused-ring (bicyclic) bond motifs is 2. The number of guanidine groups is 1. The molecule has 0 bridgehead atoms. The molecule has 5 heteroatoms. The lowest BCUT2D eigenvalue weighted by atomic mass is 9.46. The van der Waals surface area contributed by atoms with Gasteiger partial charge in [-0.1, -0.05) is 6.42 Å². The molecule has 19 heavy (non-hydrogen) atoms. The van der Waals surface area contributed by atoms with Crippen LogP contribution in [0.1, 0.15) is 25.7 Å². The van der Waals surface area contributed by atoms with Gasteiger partial charge in [-0.2, -0.15) is 11.8 Å². The van der Waals surface area contributed by atoms with Crippen molar-refractivity contribution in [1.29, 1.82) is 0 Å². The van der Waals surface area contributed by atoms with Gasteiger partial charge in [0.1, 0.15) is 0 Å². The van der Waals surface area contributed by atoms with Crippen LogP contribution in [0.25, 0.3) is 0 Å². The average Bonchev–Trinajstić information content (AvgIpc) is 2.80. The summed E-state index contributed by atoms with van der Waals surface area (Å²) in [6, 6.07) is 0.448. The zero-order valence-electron chi connectivity index (χ0n) is 11.4. The van der Waals surface area contributed by atoms with Crippen LogP contribution in [-0.4, -0.2) is 54.2 Å². The molecular weight excluding hydrogens is 258 g/mol. The Balaban J connectivity index is 1.51. The lowest BCUT2D eigenvalue weighted by Gasteiger charge is -2.61. The second-order valence-electron chi connectivity index (χ2n) is 6.36. The molecule has 4 aliphatic rings. The molecule has 2 aliphatic heterocycles. The fraction of sp³-hybridized carbons (Fsp3) is 0.929. The van der Waals surface area contributed by atoms with Crippen molar-refractivity contribution in [2.75, 3.05) is 31.2 Å². The first-order valence-electron chi connectivity index (χ1n) is 7.59. The maximum atomic E-state index is 6.27. The summed E-state index contributed by atoms with van der Waals surface area (Å²) in [6.45, 7) is 3.05. The maximum Gasteiger partial charge on any atom is 0.191 e. The van der Waals surface area contributed by atoms with Crippen LogP contribution in [-0.2, 0) is 4.74 Å². The lowest BCUT2D eigenvalue weighted by Crippen LogP contribution is -2.66. The zero-order chi connectivity index (χ0) is 12.9. The van der Waals surface area contributed by atoms with Crippen molar-refractivity contribution in [3.05, 3.63) is 0 Å². The molecule has 2 aliphatic carbocycles. The Labute approximate surface area is 119 Å². The number of nitrogens with zero attached hydrogens (tertiary/aromatic N) is 2. The minimum atomic E-state index is 0.371. The fourth-order valence-corrected chi connectivity index (χ4v) is 5.31. The van der Waals surface area contributed by atoms with Gasteiger partial charge in [-0.05, 0) is 19.3 Å². The smallest absolute Gasteiger partial charge is 0.191 e. The lowest BCUT2D eigenvalue weighted by molar-refractivity contribution is -0.164. The van der Waals surface area contributed by atoms with Gasteiger partial charge in [-0.15, -0.1) is 0 Å². The molecule has 1 spiro atoms.